The lowest BCUT2D eigenvalue weighted by molar-refractivity contribution is -0.113. The van der Waals surface area contributed by atoms with E-state index in [1.54, 1.807) is 17.8 Å². The highest BCUT2D eigenvalue weighted by Crippen LogP contribution is 2.11. The topological polar surface area (TPSA) is 53.8 Å². The van der Waals surface area contributed by atoms with Crippen LogP contribution >= 0.6 is 11.3 Å². The molecule has 0 amide bonds. The van der Waals surface area contributed by atoms with Crippen LogP contribution in [0.3, 0.4) is 0 Å². The predicted molar refractivity (Wildman–Crippen MR) is 69.1 cm³/mol. The molecule has 0 saturated carbocycles. The van der Waals surface area contributed by atoms with Gasteiger partial charge in [0, 0.05) is 11.1 Å². The Hall–Kier alpha value is -1.47. The first kappa shape index (κ1) is 16.9. The summed E-state index contributed by atoms with van der Waals surface area (Å²) in [5, 5.41) is 8.54. The van der Waals surface area contributed by atoms with E-state index < -0.39 is 0 Å². The normalized spacial score (nSPS) is 8.88. The Morgan fingerprint density at radius 3 is 2.31 bits per heavy atom. The van der Waals surface area contributed by atoms with Crippen LogP contribution in [0, 0.1) is 11.3 Å². The van der Waals surface area contributed by atoms with Crippen LogP contribution in [0.25, 0.3) is 6.08 Å². The standard InChI is InChI=1S/C8H6N2OS.2C2H6/c1-6(11)7(3-9)2-8-4-10-5-12-8;2*1-2/h2,4-5H,1H3;2*1-2H3/b7-2+;;. The molecule has 1 rings (SSSR count). The molecule has 0 aliphatic rings. The van der Waals surface area contributed by atoms with E-state index >= 15 is 0 Å². The van der Waals surface area contributed by atoms with E-state index in [2.05, 4.69) is 4.98 Å². The third-order valence-electron chi connectivity index (χ3n) is 1.24. The number of rotatable bonds is 2. The fraction of sp³-hybridized carbons (Fsp3) is 0.417. The molecule has 0 aliphatic heterocycles. The summed E-state index contributed by atoms with van der Waals surface area (Å²) in [4.78, 5) is 15.4. The first-order valence-electron chi connectivity index (χ1n) is 5.25. The average molecular weight is 238 g/mol. The molecule has 0 aromatic carbocycles. The predicted octanol–water partition coefficient (Wildman–Crippen LogP) is 3.69. The third-order valence-corrected chi connectivity index (χ3v) is 1.96. The van der Waals surface area contributed by atoms with Crippen LogP contribution in [-0.2, 0) is 4.79 Å². The Labute approximate surface area is 101 Å². The van der Waals surface area contributed by atoms with Gasteiger partial charge >= 0.3 is 0 Å². The zero-order chi connectivity index (χ0) is 13.0. The van der Waals surface area contributed by atoms with E-state index in [4.69, 9.17) is 5.26 Å². The number of hydrogen-bond donors (Lipinski definition) is 0. The van der Waals surface area contributed by atoms with E-state index in [0.717, 1.165) is 4.88 Å². The SMILES string of the molecule is CC.CC.CC(=O)/C(C#N)=C/c1cncs1. The molecule has 0 saturated heterocycles. The van der Waals surface area contributed by atoms with E-state index in [1.165, 1.54) is 18.3 Å². The monoisotopic (exact) mass is 238 g/mol. The van der Waals surface area contributed by atoms with E-state index in [9.17, 15) is 4.79 Å². The van der Waals surface area contributed by atoms with Gasteiger partial charge in [0.15, 0.2) is 5.78 Å². The van der Waals surface area contributed by atoms with E-state index in [0.29, 0.717) is 0 Å². The van der Waals surface area contributed by atoms with Gasteiger partial charge in [-0.3, -0.25) is 9.78 Å². The number of ketones is 1. The summed E-state index contributed by atoms with van der Waals surface area (Å²) in [7, 11) is 0. The largest absolute Gasteiger partial charge is 0.294 e. The molecule has 0 N–H and O–H groups in total. The molecule has 0 fully saturated rings. The summed E-state index contributed by atoms with van der Waals surface area (Å²) in [6.07, 6.45) is 3.16. The van der Waals surface area contributed by atoms with Crippen LogP contribution in [0.2, 0.25) is 0 Å². The first-order chi connectivity index (χ1) is 7.74. The number of nitrogens with zero attached hydrogens (tertiary/aromatic N) is 2. The maximum Gasteiger partial charge on any atom is 0.170 e. The molecular weight excluding hydrogens is 220 g/mol. The maximum absolute atomic E-state index is 10.8. The molecule has 0 radical (unpaired) electrons. The van der Waals surface area contributed by atoms with Crippen molar-refractivity contribution < 1.29 is 4.79 Å². The van der Waals surface area contributed by atoms with Crippen molar-refractivity contribution in [2.24, 2.45) is 0 Å². The van der Waals surface area contributed by atoms with Gasteiger partial charge in [-0.25, -0.2) is 0 Å². The van der Waals surface area contributed by atoms with Gasteiger partial charge in [-0.05, 0) is 13.0 Å². The zero-order valence-electron chi connectivity index (χ0n) is 10.4. The van der Waals surface area contributed by atoms with Crippen molar-refractivity contribution in [1.82, 2.24) is 4.98 Å². The molecule has 4 heteroatoms. The molecule has 0 spiro atoms. The molecular formula is C12H18N2OS. The number of hydrogen-bond acceptors (Lipinski definition) is 4. The summed E-state index contributed by atoms with van der Waals surface area (Å²) < 4.78 is 0. The number of allylic oxidation sites excluding steroid dienone is 1. The van der Waals surface area contributed by atoms with Gasteiger partial charge in [0.1, 0.15) is 6.07 Å². The second kappa shape index (κ2) is 11.6. The molecule has 0 bridgehead atoms. The maximum atomic E-state index is 10.8. The van der Waals surface area contributed by atoms with Crippen molar-refractivity contribution in [2.45, 2.75) is 34.6 Å². The molecule has 0 atom stereocenters. The van der Waals surface area contributed by atoms with Gasteiger partial charge in [-0.2, -0.15) is 5.26 Å². The highest BCUT2D eigenvalue weighted by atomic mass is 32.1. The van der Waals surface area contributed by atoms with Crippen LogP contribution < -0.4 is 0 Å². The quantitative estimate of drug-likeness (QED) is 0.583. The van der Waals surface area contributed by atoms with Gasteiger partial charge in [-0.1, -0.05) is 27.7 Å². The van der Waals surface area contributed by atoms with E-state index in [1.807, 2.05) is 33.8 Å². The lowest BCUT2D eigenvalue weighted by Gasteiger charge is -1.87. The van der Waals surface area contributed by atoms with Gasteiger partial charge in [-0.15, -0.1) is 11.3 Å². The number of thiazole rings is 1. The van der Waals surface area contributed by atoms with Crippen molar-refractivity contribution in [3.63, 3.8) is 0 Å². The molecule has 1 aromatic rings. The summed E-state index contributed by atoms with van der Waals surface area (Å²) in [6.45, 7) is 9.37. The minimum Gasteiger partial charge on any atom is -0.294 e. The zero-order valence-corrected chi connectivity index (χ0v) is 11.3. The fourth-order valence-electron chi connectivity index (χ4n) is 0.652. The highest BCUT2D eigenvalue weighted by Gasteiger charge is 2.01. The molecule has 0 aliphatic carbocycles. The minimum atomic E-state index is -0.217. The molecule has 1 heterocycles. The van der Waals surface area contributed by atoms with Crippen molar-refractivity contribution >= 4 is 23.2 Å². The minimum absolute atomic E-state index is 0.166. The Kier molecular flexibility index (Phi) is 12.3. The van der Waals surface area contributed by atoms with Crippen LogP contribution in [0.4, 0.5) is 0 Å². The smallest absolute Gasteiger partial charge is 0.170 e. The van der Waals surface area contributed by atoms with Crippen LogP contribution in [0.5, 0.6) is 0 Å². The van der Waals surface area contributed by atoms with Crippen LogP contribution in [0.1, 0.15) is 39.5 Å². The van der Waals surface area contributed by atoms with Gasteiger partial charge in [0.2, 0.25) is 0 Å². The fourth-order valence-corrected chi connectivity index (χ4v) is 1.20. The van der Waals surface area contributed by atoms with Crippen molar-refractivity contribution in [3.05, 3.63) is 22.2 Å². The highest BCUT2D eigenvalue weighted by molar-refractivity contribution is 7.10. The summed E-state index contributed by atoms with van der Waals surface area (Å²) in [5.74, 6) is -0.217. The van der Waals surface area contributed by atoms with Crippen LogP contribution in [0.15, 0.2) is 17.3 Å². The Morgan fingerprint density at radius 2 is 2.00 bits per heavy atom. The third kappa shape index (κ3) is 6.91. The molecule has 88 valence electrons. The molecule has 1 aromatic heterocycles. The van der Waals surface area contributed by atoms with E-state index in [-0.39, 0.29) is 11.4 Å². The summed E-state index contributed by atoms with van der Waals surface area (Å²) >= 11 is 1.39. The Morgan fingerprint density at radius 1 is 1.44 bits per heavy atom. The Balaban J connectivity index is 0. The lowest BCUT2D eigenvalue weighted by Crippen LogP contribution is -1.91. The van der Waals surface area contributed by atoms with Gasteiger partial charge < -0.3 is 0 Å². The second-order valence-corrected chi connectivity index (χ2v) is 3.05. The Bertz CT molecular complexity index is 348. The number of aromatic nitrogens is 1. The lowest BCUT2D eigenvalue weighted by atomic mass is 10.2. The molecule has 0 unspecified atom stereocenters. The molecule has 3 nitrogen and oxygen atoms in total. The van der Waals surface area contributed by atoms with Crippen molar-refractivity contribution in [1.29, 1.82) is 5.26 Å². The number of Topliss-reactive ketones (excluding diaryl/α,β-unsaturated/α-hetero) is 1. The average Bonchev–Trinajstić information content (AvgIpc) is 2.83. The van der Waals surface area contributed by atoms with Crippen molar-refractivity contribution in [2.75, 3.05) is 0 Å². The van der Waals surface area contributed by atoms with Crippen LogP contribution in [-0.4, -0.2) is 10.8 Å². The number of carbonyl (C=O) groups is 1. The first-order valence-corrected chi connectivity index (χ1v) is 6.13. The molecule has 16 heavy (non-hydrogen) atoms. The number of carbonyl (C=O) groups excluding carboxylic acids is 1. The summed E-state index contributed by atoms with van der Waals surface area (Å²) in [6, 6.07) is 1.83. The van der Waals surface area contributed by atoms with Crippen molar-refractivity contribution in [3.8, 4) is 6.07 Å². The van der Waals surface area contributed by atoms with Gasteiger partial charge in [0.05, 0.1) is 11.1 Å². The second-order valence-electron chi connectivity index (χ2n) is 2.13. The summed E-state index contributed by atoms with van der Waals surface area (Å²) in [5.41, 5.74) is 1.82. The number of nitriles is 1. The van der Waals surface area contributed by atoms with Gasteiger partial charge in [0.25, 0.3) is 0 Å².